The lowest BCUT2D eigenvalue weighted by Gasteiger charge is -2.12. The fourth-order valence-electron chi connectivity index (χ4n) is 1.97. The van der Waals surface area contributed by atoms with Crippen molar-refractivity contribution in [1.29, 1.82) is 0 Å². The maximum atomic E-state index is 11.9. The van der Waals surface area contributed by atoms with Crippen molar-refractivity contribution in [3.63, 3.8) is 0 Å². The van der Waals surface area contributed by atoms with Gasteiger partial charge in [-0.25, -0.2) is 4.98 Å². The summed E-state index contributed by atoms with van der Waals surface area (Å²) in [6, 6.07) is 5.34. The molecule has 0 bridgehead atoms. The highest BCUT2D eigenvalue weighted by atomic mass is 35.5. The van der Waals surface area contributed by atoms with Crippen LogP contribution in [0, 0.1) is 0 Å². The molecule has 2 aromatic heterocycles. The summed E-state index contributed by atoms with van der Waals surface area (Å²) < 4.78 is 6.57. The van der Waals surface area contributed by atoms with E-state index in [0.29, 0.717) is 5.56 Å². The first kappa shape index (κ1) is 20.4. The Bertz CT molecular complexity index is 760. The summed E-state index contributed by atoms with van der Waals surface area (Å²) >= 11 is 11.5. The third kappa shape index (κ3) is 5.79. The highest BCUT2D eigenvalue weighted by molar-refractivity contribution is 6.32. The first-order chi connectivity index (χ1) is 10.8. The molecule has 0 aliphatic carbocycles. The summed E-state index contributed by atoms with van der Waals surface area (Å²) in [5.41, 5.74) is 7.10. The normalized spacial score (nSPS) is 11.5. The maximum absolute atomic E-state index is 11.9. The largest absolute Gasteiger partial charge is 0.460 e. The van der Waals surface area contributed by atoms with Gasteiger partial charge in [0.25, 0.3) is 0 Å². The average Bonchev–Trinajstić information content (AvgIpc) is 2.47. The number of carbonyl (C=O) groups is 1. The lowest BCUT2D eigenvalue weighted by atomic mass is 10.1. The van der Waals surface area contributed by atoms with Crippen LogP contribution in [0.2, 0.25) is 10.3 Å². The number of pyridine rings is 2. The second kappa shape index (κ2) is 9.03. The number of hydrogen-bond donors (Lipinski definition) is 1. The van der Waals surface area contributed by atoms with Gasteiger partial charge in [-0.15, -0.1) is 12.4 Å². The monoisotopic (exact) mass is 391 g/mol. The van der Waals surface area contributed by atoms with Gasteiger partial charge in [0, 0.05) is 19.3 Å². The Morgan fingerprint density at radius 3 is 2.50 bits per heavy atom. The molecule has 2 N–H and O–H groups in total. The first-order valence-corrected chi connectivity index (χ1v) is 7.50. The summed E-state index contributed by atoms with van der Waals surface area (Å²) in [6.45, 7) is 0.00175. The predicted molar refractivity (Wildman–Crippen MR) is 94.7 cm³/mol. The van der Waals surface area contributed by atoms with Crippen molar-refractivity contribution in [1.82, 2.24) is 9.55 Å². The van der Waals surface area contributed by atoms with Crippen molar-refractivity contribution in [3.8, 4) is 0 Å². The van der Waals surface area contributed by atoms with Crippen LogP contribution >= 0.6 is 35.6 Å². The van der Waals surface area contributed by atoms with Crippen molar-refractivity contribution in [3.05, 3.63) is 62.2 Å². The number of hydrogen-bond acceptors (Lipinski definition) is 5. The van der Waals surface area contributed by atoms with E-state index in [1.807, 2.05) is 0 Å². The molecule has 130 valence electrons. The van der Waals surface area contributed by atoms with Gasteiger partial charge in [0.05, 0.1) is 0 Å². The van der Waals surface area contributed by atoms with Crippen LogP contribution in [0.1, 0.15) is 11.1 Å². The number of aromatic nitrogens is 2. The average molecular weight is 393 g/mol. The minimum absolute atomic E-state index is 0. The first-order valence-electron chi connectivity index (χ1n) is 6.75. The molecule has 0 spiro atoms. The second-order valence-corrected chi connectivity index (χ2v) is 5.80. The Balaban J connectivity index is 0.00000288. The fourth-order valence-corrected chi connectivity index (χ4v) is 2.47. The summed E-state index contributed by atoms with van der Waals surface area (Å²) in [4.78, 5) is 27.1. The van der Waals surface area contributed by atoms with Crippen molar-refractivity contribution in [2.45, 2.75) is 19.1 Å². The van der Waals surface area contributed by atoms with Crippen LogP contribution in [0.4, 0.5) is 0 Å². The number of rotatable bonds is 5. The van der Waals surface area contributed by atoms with E-state index in [2.05, 4.69) is 4.98 Å². The highest BCUT2D eigenvalue weighted by Crippen LogP contribution is 2.15. The maximum Gasteiger partial charge on any atom is 0.323 e. The molecule has 6 nitrogen and oxygen atoms in total. The minimum Gasteiger partial charge on any atom is -0.460 e. The Morgan fingerprint density at radius 1 is 1.29 bits per heavy atom. The van der Waals surface area contributed by atoms with Gasteiger partial charge in [-0.1, -0.05) is 29.3 Å². The van der Waals surface area contributed by atoms with Crippen LogP contribution in [0.3, 0.4) is 0 Å². The van der Waals surface area contributed by atoms with Crippen molar-refractivity contribution >= 4 is 41.6 Å². The van der Waals surface area contributed by atoms with Gasteiger partial charge in [-0.05, 0) is 29.7 Å². The van der Waals surface area contributed by atoms with Crippen molar-refractivity contribution in [2.24, 2.45) is 12.8 Å². The number of ether oxygens (including phenoxy) is 1. The molecular weight excluding hydrogens is 377 g/mol. The molecule has 0 amide bonds. The Labute approximate surface area is 154 Å². The van der Waals surface area contributed by atoms with Crippen LogP contribution in [0.15, 0.2) is 35.3 Å². The molecule has 0 saturated carbocycles. The van der Waals surface area contributed by atoms with Gasteiger partial charge in [0.2, 0.25) is 5.56 Å². The molecule has 2 aromatic rings. The Hall–Kier alpha value is -1.60. The van der Waals surface area contributed by atoms with E-state index in [9.17, 15) is 9.59 Å². The third-order valence-corrected chi connectivity index (χ3v) is 3.50. The predicted octanol–water partition coefficient (Wildman–Crippen LogP) is 2.12. The second-order valence-electron chi connectivity index (χ2n) is 5.03. The molecule has 1 atom stereocenters. The van der Waals surface area contributed by atoms with E-state index >= 15 is 0 Å². The Morgan fingerprint density at radius 2 is 1.92 bits per heavy atom. The van der Waals surface area contributed by atoms with Crippen LogP contribution < -0.4 is 11.3 Å². The molecule has 0 aliphatic rings. The lowest BCUT2D eigenvalue weighted by Crippen LogP contribution is -2.34. The molecule has 0 radical (unpaired) electrons. The molecule has 0 unspecified atom stereocenters. The number of aryl methyl sites for hydroxylation is 1. The number of carbonyl (C=O) groups excluding carboxylic acids is 1. The van der Waals surface area contributed by atoms with Gasteiger partial charge in [-0.2, -0.15) is 0 Å². The van der Waals surface area contributed by atoms with Gasteiger partial charge >= 0.3 is 5.97 Å². The zero-order chi connectivity index (χ0) is 17.0. The molecule has 0 fully saturated rings. The van der Waals surface area contributed by atoms with Gasteiger partial charge in [-0.3, -0.25) is 9.59 Å². The van der Waals surface area contributed by atoms with Gasteiger partial charge in [0.1, 0.15) is 23.0 Å². The number of nitrogens with two attached hydrogens (primary N) is 1. The quantitative estimate of drug-likeness (QED) is 0.622. The van der Waals surface area contributed by atoms with Crippen LogP contribution in [0.25, 0.3) is 0 Å². The van der Waals surface area contributed by atoms with Crippen LogP contribution in [-0.2, 0) is 29.6 Å². The zero-order valence-corrected chi connectivity index (χ0v) is 15.1. The molecule has 2 rings (SSSR count). The number of nitrogens with zero attached hydrogens (tertiary/aromatic N) is 2. The summed E-state index contributed by atoms with van der Waals surface area (Å²) in [6.07, 6.45) is 1.91. The molecule has 9 heteroatoms. The van der Waals surface area contributed by atoms with E-state index in [1.54, 1.807) is 31.4 Å². The molecule has 0 saturated heterocycles. The number of halogens is 3. The van der Waals surface area contributed by atoms with E-state index in [0.717, 1.165) is 5.56 Å². The molecular formula is C15H16Cl3N3O3. The summed E-state index contributed by atoms with van der Waals surface area (Å²) in [5, 5.41) is 0.441. The van der Waals surface area contributed by atoms with Crippen LogP contribution in [-0.4, -0.2) is 21.6 Å². The third-order valence-electron chi connectivity index (χ3n) is 3.11. The van der Waals surface area contributed by atoms with E-state index < -0.39 is 12.0 Å². The Kier molecular flexibility index (Phi) is 7.69. The summed E-state index contributed by atoms with van der Waals surface area (Å²) in [5.74, 6) is -0.553. The molecule has 0 aromatic carbocycles. The van der Waals surface area contributed by atoms with Crippen molar-refractivity contribution < 1.29 is 9.53 Å². The van der Waals surface area contributed by atoms with Crippen LogP contribution in [0.5, 0.6) is 0 Å². The van der Waals surface area contributed by atoms with E-state index in [1.165, 1.54) is 10.6 Å². The molecule has 2 heterocycles. The van der Waals surface area contributed by atoms with Gasteiger partial charge in [0.15, 0.2) is 0 Å². The molecule has 0 aliphatic heterocycles. The fraction of sp³-hybridized carbons (Fsp3) is 0.267. The minimum atomic E-state index is -0.833. The zero-order valence-electron chi connectivity index (χ0n) is 12.7. The SMILES string of the molecule is Cl.Cn1cc(C[C@H](N)C(=O)OCc2cc(Cl)nc(Cl)c2)ccc1=O. The highest BCUT2D eigenvalue weighted by Gasteiger charge is 2.16. The standard InChI is InChI=1S/C15H15Cl2N3O3.ClH/c1-20-7-9(2-3-14(20)21)4-11(18)15(22)23-8-10-5-12(16)19-13(17)6-10;/h2-3,5-7,11H,4,8,18H2,1H3;1H/t11-;/m0./s1. The number of esters is 1. The lowest BCUT2D eigenvalue weighted by molar-refractivity contribution is -0.146. The van der Waals surface area contributed by atoms with E-state index in [4.69, 9.17) is 33.7 Å². The molecule has 24 heavy (non-hydrogen) atoms. The van der Waals surface area contributed by atoms with Crippen molar-refractivity contribution in [2.75, 3.05) is 0 Å². The van der Waals surface area contributed by atoms with Gasteiger partial charge < -0.3 is 15.0 Å². The smallest absolute Gasteiger partial charge is 0.323 e. The topological polar surface area (TPSA) is 87.2 Å². The summed E-state index contributed by atoms with van der Waals surface area (Å²) in [7, 11) is 1.63. The van der Waals surface area contributed by atoms with E-state index in [-0.39, 0.29) is 41.3 Å².